The minimum absolute atomic E-state index is 0.230. The topological polar surface area (TPSA) is 47.6 Å². The number of amides is 1. The van der Waals surface area contributed by atoms with Crippen LogP contribution in [0.1, 0.15) is 12.0 Å². The molecule has 0 saturated carbocycles. The van der Waals surface area contributed by atoms with Crippen LogP contribution in [-0.4, -0.2) is 25.3 Å². The maximum atomic E-state index is 12.0. The second-order valence-electron chi connectivity index (χ2n) is 5.52. The highest BCUT2D eigenvalue weighted by Gasteiger charge is 2.27. The number of hydrogen-bond donors (Lipinski definition) is 1. The van der Waals surface area contributed by atoms with Crippen molar-refractivity contribution in [3.63, 3.8) is 0 Å². The molecule has 0 aromatic heterocycles. The van der Waals surface area contributed by atoms with Crippen LogP contribution in [0.25, 0.3) is 0 Å². The fourth-order valence-corrected chi connectivity index (χ4v) is 2.16. The van der Waals surface area contributed by atoms with E-state index in [1.807, 2.05) is 19.1 Å². The Kier molecular flexibility index (Phi) is 6.88. The first-order valence-corrected chi connectivity index (χ1v) is 8.09. The third-order valence-corrected chi connectivity index (χ3v) is 3.44. The van der Waals surface area contributed by atoms with Crippen molar-refractivity contribution in [2.75, 3.05) is 18.5 Å². The van der Waals surface area contributed by atoms with Crippen molar-refractivity contribution in [2.24, 2.45) is 0 Å². The highest BCUT2D eigenvalue weighted by Crippen LogP contribution is 2.32. The Morgan fingerprint density at radius 3 is 2.50 bits per heavy atom. The van der Waals surface area contributed by atoms with Crippen LogP contribution in [-0.2, 0) is 9.53 Å². The van der Waals surface area contributed by atoms with Crippen molar-refractivity contribution < 1.29 is 27.4 Å². The van der Waals surface area contributed by atoms with E-state index in [2.05, 4.69) is 10.1 Å². The van der Waals surface area contributed by atoms with Crippen LogP contribution in [0.2, 0.25) is 5.02 Å². The zero-order valence-electron chi connectivity index (χ0n) is 13.9. The summed E-state index contributed by atoms with van der Waals surface area (Å²) in [7, 11) is 0. The number of carbonyl (C=O) groups is 1. The molecule has 1 amide bonds. The van der Waals surface area contributed by atoms with Gasteiger partial charge in [0, 0.05) is 5.02 Å². The molecule has 8 heteroatoms. The number of alkyl halides is 3. The molecule has 0 unspecified atom stereocenters. The summed E-state index contributed by atoms with van der Waals surface area (Å²) in [6.45, 7) is 0.206. The van der Waals surface area contributed by atoms with E-state index < -0.39 is 18.7 Å². The number of rotatable bonds is 7. The van der Waals surface area contributed by atoms with Gasteiger partial charge in [0.15, 0.2) is 5.75 Å². The summed E-state index contributed by atoms with van der Waals surface area (Å²) in [4.78, 5) is 11.9. The molecule has 0 spiro atoms. The van der Waals surface area contributed by atoms with E-state index in [9.17, 15) is 18.0 Å². The Labute approximate surface area is 153 Å². The Bertz CT molecular complexity index is 748. The molecule has 0 fully saturated rings. The van der Waals surface area contributed by atoms with Gasteiger partial charge in [0.2, 0.25) is 5.91 Å². The lowest BCUT2D eigenvalue weighted by atomic mass is 10.2. The molecule has 140 valence electrons. The molecule has 0 aliphatic heterocycles. The Hall–Kier alpha value is -2.25. The molecule has 1 N–H and O–H groups in total. The van der Waals surface area contributed by atoms with E-state index in [0.29, 0.717) is 22.2 Å². The van der Waals surface area contributed by atoms with Crippen molar-refractivity contribution >= 4 is 23.2 Å². The summed E-state index contributed by atoms with van der Waals surface area (Å²) in [5.41, 5.74) is 1.39. The summed E-state index contributed by atoms with van der Waals surface area (Å²) in [5.74, 6) is 0.424. The molecule has 0 radical (unpaired) electrons. The molecular weight excluding hydrogens is 371 g/mol. The average Bonchev–Trinajstić information content (AvgIpc) is 2.55. The second kappa shape index (κ2) is 8.91. The predicted molar refractivity (Wildman–Crippen MR) is 92.8 cm³/mol. The number of carbonyl (C=O) groups excluding carboxylic acids is 1. The van der Waals surface area contributed by atoms with Crippen molar-refractivity contribution in [3.8, 4) is 11.5 Å². The normalized spacial score (nSPS) is 11.3. The number of hydrogen-bond acceptors (Lipinski definition) is 3. The summed E-state index contributed by atoms with van der Waals surface area (Å²) in [6.07, 6.45) is -4.65. The van der Waals surface area contributed by atoms with Gasteiger partial charge in [-0.2, -0.15) is 13.2 Å². The number of benzene rings is 2. The van der Waals surface area contributed by atoms with Crippen molar-refractivity contribution in [2.45, 2.75) is 19.5 Å². The standard InChI is InChI=1S/C18H17ClF3NO3/c1-12-2-5-14(6-3-12)26-16-7-4-13(19)10-15(16)23-17(24)8-9-25-11-18(20,21)22/h2-7,10H,8-9,11H2,1H3,(H,23,24). The first kappa shape index (κ1) is 20.1. The Balaban J connectivity index is 1.98. The van der Waals surface area contributed by atoms with E-state index in [1.165, 1.54) is 6.07 Å². The third-order valence-electron chi connectivity index (χ3n) is 3.20. The summed E-state index contributed by atoms with van der Waals surface area (Å²) in [6, 6.07) is 12.0. The van der Waals surface area contributed by atoms with Gasteiger partial charge in [-0.05, 0) is 37.3 Å². The predicted octanol–water partition coefficient (Wildman–Crippen LogP) is 5.35. The van der Waals surface area contributed by atoms with Gasteiger partial charge in [-0.25, -0.2) is 0 Å². The highest BCUT2D eigenvalue weighted by molar-refractivity contribution is 6.31. The van der Waals surface area contributed by atoms with E-state index >= 15 is 0 Å². The van der Waals surface area contributed by atoms with Gasteiger partial charge >= 0.3 is 6.18 Å². The number of anilines is 1. The minimum Gasteiger partial charge on any atom is -0.455 e. The van der Waals surface area contributed by atoms with Crippen LogP contribution < -0.4 is 10.1 Å². The van der Waals surface area contributed by atoms with Gasteiger partial charge in [-0.3, -0.25) is 4.79 Å². The number of nitrogens with one attached hydrogen (secondary N) is 1. The smallest absolute Gasteiger partial charge is 0.411 e. The van der Waals surface area contributed by atoms with Crippen LogP contribution in [0.15, 0.2) is 42.5 Å². The van der Waals surface area contributed by atoms with Crippen LogP contribution in [0.3, 0.4) is 0 Å². The molecule has 0 aliphatic rings. The molecular formula is C18H17ClF3NO3. The van der Waals surface area contributed by atoms with Gasteiger partial charge in [0.05, 0.1) is 18.7 Å². The molecule has 0 bridgehead atoms. The summed E-state index contributed by atoms with van der Waals surface area (Å²) in [5, 5.41) is 2.95. The molecule has 2 aromatic carbocycles. The SMILES string of the molecule is Cc1ccc(Oc2ccc(Cl)cc2NC(=O)CCOCC(F)(F)F)cc1. The maximum absolute atomic E-state index is 12.0. The monoisotopic (exact) mass is 387 g/mol. The van der Waals surface area contributed by atoms with Crippen LogP contribution in [0.4, 0.5) is 18.9 Å². The first-order chi connectivity index (χ1) is 12.2. The molecule has 0 atom stereocenters. The quantitative estimate of drug-likeness (QED) is 0.651. The Morgan fingerprint density at radius 1 is 1.15 bits per heavy atom. The maximum Gasteiger partial charge on any atom is 0.411 e. The number of ether oxygens (including phenoxy) is 2. The zero-order chi connectivity index (χ0) is 19.2. The molecule has 0 aliphatic carbocycles. The number of aryl methyl sites for hydroxylation is 1. The molecule has 2 rings (SSSR count). The lowest BCUT2D eigenvalue weighted by molar-refractivity contribution is -0.174. The van der Waals surface area contributed by atoms with E-state index in [1.54, 1.807) is 24.3 Å². The van der Waals surface area contributed by atoms with Gasteiger partial charge in [-0.15, -0.1) is 0 Å². The van der Waals surface area contributed by atoms with E-state index in [0.717, 1.165) is 5.56 Å². The van der Waals surface area contributed by atoms with Crippen molar-refractivity contribution in [3.05, 3.63) is 53.1 Å². The summed E-state index contributed by atoms with van der Waals surface area (Å²) >= 11 is 5.94. The van der Waals surface area contributed by atoms with Gasteiger partial charge < -0.3 is 14.8 Å². The van der Waals surface area contributed by atoms with Crippen LogP contribution in [0.5, 0.6) is 11.5 Å². The molecule has 0 saturated heterocycles. The van der Waals surface area contributed by atoms with Gasteiger partial charge in [-0.1, -0.05) is 29.3 Å². The van der Waals surface area contributed by atoms with Crippen LogP contribution >= 0.6 is 11.6 Å². The van der Waals surface area contributed by atoms with Crippen molar-refractivity contribution in [1.29, 1.82) is 0 Å². The minimum atomic E-state index is -4.42. The third kappa shape index (κ3) is 6.93. The fraction of sp³-hybridized carbons (Fsp3) is 0.278. The average molecular weight is 388 g/mol. The van der Waals surface area contributed by atoms with E-state index in [-0.39, 0.29) is 13.0 Å². The van der Waals surface area contributed by atoms with E-state index in [4.69, 9.17) is 16.3 Å². The molecule has 0 heterocycles. The molecule has 4 nitrogen and oxygen atoms in total. The first-order valence-electron chi connectivity index (χ1n) is 7.71. The van der Waals surface area contributed by atoms with Gasteiger partial charge in [0.25, 0.3) is 0 Å². The summed E-state index contributed by atoms with van der Waals surface area (Å²) < 4.78 is 46.2. The fourth-order valence-electron chi connectivity index (χ4n) is 1.99. The van der Waals surface area contributed by atoms with Crippen molar-refractivity contribution in [1.82, 2.24) is 0 Å². The second-order valence-corrected chi connectivity index (χ2v) is 5.96. The highest BCUT2D eigenvalue weighted by atomic mass is 35.5. The molecule has 26 heavy (non-hydrogen) atoms. The zero-order valence-corrected chi connectivity index (χ0v) is 14.7. The van der Waals surface area contributed by atoms with Gasteiger partial charge in [0.1, 0.15) is 12.4 Å². The lowest BCUT2D eigenvalue weighted by Crippen LogP contribution is -2.20. The lowest BCUT2D eigenvalue weighted by Gasteiger charge is -2.13. The molecule has 2 aromatic rings. The van der Waals surface area contributed by atoms with Crippen LogP contribution in [0, 0.1) is 6.92 Å². The largest absolute Gasteiger partial charge is 0.455 e. The number of halogens is 4. The Morgan fingerprint density at radius 2 is 1.85 bits per heavy atom.